The number of halogens is 1. The Morgan fingerprint density at radius 1 is 1.19 bits per heavy atom. The van der Waals surface area contributed by atoms with E-state index in [0.717, 1.165) is 10.5 Å². The Kier molecular flexibility index (Phi) is 4.09. The van der Waals surface area contributed by atoms with Crippen molar-refractivity contribution in [2.24, 2.45) is 0 Å². The molecule has 0 bridgehead atoms. The Morgan fingerprint density at radius 3 is 2.56 bits per heavy atom. The second-order valence-corrected chi connectivity index (χ2v) is 8.63. The number of thioether (sulfide) groups is 1. The van der Waals surface area contributed by atoms with Gasteiger partial charge in [0.25, 0.3) is 5.91 Å². The third kappa shape index (κ3) is 2.36. The quantitative estimate of drug-likeness (QED) is 0.729. The second kappa shape index (κ2) is 6.11. The molecule has 27 heavy (non-hydrogen) atoms. The van der Waals surface area contributed by atoms with Gasteiger partial charge < -0.3 is 0 Å². The first-order valence-corrected chi connectivity index (χ1v) is 9.77. The number of benzene rings is 2. The Labute approximate surface area is 166 Å². The van der Waals surface area contributed by atoms with Crippen molar-refractivity contribution in [1.29, 1.82) is 0 Å². The average molecular weight is 401 g/mol. The largest absolute Gasteiger partial charge is 0.283 e. The van der Waals surface area contributed by atoms with E-state index in [2.05, 4.69) is 0 Å². The zero-order valence-electron chi connectivity index (χ0n) is 15.0. The van der Waals surface area contributed by atoms with E-state index in [-0.39, 0.29) is 11.8 Å². The van der Waals surface area contributed by atoms with Crippen molar-refractivity contribution in [3.05, 3.63) is 58.6 Å². The van der Waals surface area contributed by atoms with Crippen molar-refractivity contribution in [3.8, 4) is 0 Å². The van der Waals surface area contributed by atoms with Crippen LogP contribution in [0.5, 0.6) is 0 Å². The molecular formula is C20H17ClN2O3S. The van der Waals surface area contributed by atoms with Gasteiger partial charge in [0.15, 0.2) is 0 Å². The molecule has 3 amide bonds. The molecule has 2 aromatic carbocycles. The summed E-state index contributed by atoms with van der Waals surface area (Å²) in [5, 5.41) is 0.0798. The van der Waals surface area contributed by atoms with Gasteiger partial charge in [0.2, 0.25) is 16.7 Å². The van der Waals surface area contributed by atoms with Gasteiger partial charge in [-0.3, -0.25) is 19.3 Å². The van der Waals surface area contributed by atoms with Crippen LogP contribution in [-0.4, -0.2) is 23.0 Å². The number of carbonyl (C=O) groups excluding carboxylic acids is 3. The number of amides is 3. The van der Waals surface area contributed by atoms with E-state index in [1.807, 2.05) is 19.1 Å². The van der Waals surface area contributed by atoms with Gasteiger partial charge in [0, 0.05) is 23.2 Å². The minimum atomic E-state index is -1.31. The van der Waals surface area contributed by atoms with Crippen molar-refractivity contribution in [1.82, 2.24) is 0 Å². The highest BCUT2D eigenvalue weighted by Crippen LogP contribution is 2.57. The van der Waals surface area contributed by atoms with Crippen molar-refractivity contribution in [3.63, 3.8) is 0 Å². The molecule has 2 aliphatic heterocycles. The summed E-state index contributed by atoms with van der Waals surface area (Å²) in [5.41, 5.74) is 2.59. The second-order valence-electron chi connectivity index (χ2n) is 6.69. The van der Waals surface area contributed by atoms with Gasteiger partial charge in [-0.2, -0.15) is 0 Å². The van der Waals surface area contributed by atoms with E-state index < -0.39 is 16.0 Å². The molecule has 0 aromatic heterocycles. The lowest BCUT2D eigenvalue weighted by atomic mass is 10.0. The smallest absolute Gasteiger partial charge is 0.275 e. The number of fused-ring (bicyclic) bond motifs is 2. The van der Waals surface area contributed by atoms with Crippen molar-refractivity contribution < 1.29 is 14.4 Å². The summed E-state index contributed by atoms with van der Waals surface area (Å²) in [4.78, 5) is 40.2. The van der Waals surface area contributed by atoms with Gasteiger partial charge in [0.1, 0.15) is 0 Å². The van der Waals surface area contributed by atoms with Crippen molar-refractivity contribution in [2.45, 2.75) is 30.9 Å². The van der Waals surface area contributed by atoms with Crippen LogP contribution in [0.2, 0.25) is 5.02 Å². The van der Waals surface area contributed by atoms with Crippen molar-refractivity contribution >= 4 is 52.5 Å². The zero-order chi connectivity index (χ0) is 19.5. The molecule has 2 atom stereocenters. The fourth-order valence-electron chi connectivity index (χ4n) is 3.70. The molecule has 2 aromatic rings. The normalized spacial score (nSPS) is 24.1. The Morgan fingerprint density at radius 2 is 1.89 bits per heavy atom. The van der Waals surface area contributed by atoms with Crippen LogP contribution in [-0.2, 0) is 19.3 Å². The minimum Gasteiger partial charge on any atom is -0.283 e. The zero-order valence-corrected chi connectivity index (χ0v) is 16.6. The summed E-state index contributed by atoms with van der Waals surface area (Å²) in [7, 11) is 0. The van der Waals surface area contributed by atoms with E-state index in [1.54, 1.807) is 37.3 Å². The molecule has 138 valence electrons. The van der Waals surface area contributed by atoms with Gasteiger partial charge in [0.05, 0.1) is 10.9 Å². The first-order valence-electron chi connectivity index (χ1n) is 8.51. The van der Waals surface area contributed by atoms with Gasteiger partial charge in [-0.1, -0.05) is 35.9 Å². The van der Waals surface area contributed by atoms with E-state index >= 15 is 0 Å². The molecule has 1 spiro atoms. The maximum atomic E-state index is 13.5. The average Bonchev–Trinajstić information content (AvgIpc) is 3.03. The van der Waals surface area contributed by atoms with Crippen LogP contribution in [0.25, 0.3) is 0 Å². The van der Waals surface area contributed by atoms with Crippen LogP contribution in [0.4, 0.5) is 11.4 Å². The van der Waals surface area contributed by atoms with Crippen molar-refractivity contribution in [2.75, 3.05) is 9.80 Å². The van der Waals surface area contributed by atoms with E-state index in [1.165, 1.54) is 23.6 Å². The summed E-state index contributed by atoms with van der Waals surface area (Å²) < 4.78 is 0. The molecule has 0 N–H and O–H groups in total. The summed E-state index contributed by atoms with van der Waals surface area (Å²) >= 11 is 7.55. The number of aryl methyl sites for hydroxylation is 1. The lowest BCUT2D eigenvalue weighted by Crippen LogP contribution is -2.50. The highest BCUT2D eigenvalue weighted by molar-refractivity contribution is 8.03. The fourth-order valence-corrected chi connectivity index (χ4v) is 5.38. The molecule has 0 saturated carbocycles. The Bertz CT molecular complexity index is 1010. The highest BCUT2D eigenvalue weighted by Gasteiger charge is 2.63. The summed E-state index contributed by atoms with van der Waals surface area (Å²) in [6.07, 6.45) is 0. The molecule has 4 rings (SSSR count). The lowest BCUT2D eigenvalue weighted by molar-refractivity contribution is -0.128. The van der Waals surface area contributed by atoms with Gasteiger partial charge in [-0.05, 0) is 37.6 Å². The first kappa shape index (κ1) is 18.1. The number of para-hydroxylation sites is 1. The van der Waals surface area contributed by atoms with Crippen LogP contribution >= 0.6 is 23.4 Å². The van der Waals surface area contributed by atoms with E-state index in [9.17, 15) is 14.4 Å². The van der Waals surface area contributed by atoms with Crippen LogP contribution in [0.1, 0.15) is 25.0 Å². The lowest BCUT2D eigenvalue weighted by Gasteiger charge is -2.33. The third-order valence-corrected chi connectivity index (χ3v) is 6.84. The third-order valence-electron chi connectivity index (χ3n) is 4.96. The summed E-state index contributed by atoms with van der Waals surface area (Å²) in [6, 6.07) is 12.4. The van der Waals surface area contributed by atoms with Gasteiger partial charge >= 0.3 is 0 Å². The Balaban J connectivity index is 1.99. The predicted octanol–water partition coefficient (Wildman–Crippen LogP) is 3.86. The molecule has 2 aliphatic rings. The monoisotopic (exact) mass is 400 g/mol. The molecule has 1 saturated heterocycles. The number of anilines is 2. The molecule has 5 nitrogen and oxygen atoms in total. The topological polar surface area (TPSA) is 57.7 Å². The highest BCUT2D eigenvalue weighted by atomic mass is 35.5. The van der Waals surface area contributed by atoms with E-state index in [4.69, 9.17) is 11.6 Å². The maximum absolute atomic E-state index is 13.5. The number of nitrogens with zero attached hydrogens (tertiary/aromatic N) is 2. The number of hydrogen-bond donors (Lipinski definition) is 0. The minimum absolute atomic E-state index is 0.187. The maximum Gasteiger partial charge on any atom is 0.275 e. The van der Waals surface area contributed by atoms with Crippen LogP contribution in [0.15, 0.2) is 42.5 Å². The molecule has 1 fully saturated rings. The van der Waals surface area contributed by atoms with Gasteiger partial charge in [-0.25, -0.2) is 4.90 Å². The number of carbonyl (C=O) groups is 3. The molecule has 0 radical (unpaired) electrons. The predicted molar refractivity (Wildman–Crippen MR) is 107 cm³/mol. The van der Waals surface area contributed by atoms with Crippen LogP contribution in [0.3, 0.4) is 0 Å². The van der Waals surface area contributed by atoms with Crippen LogP contribution in [0, 0.1) is 6.92 Å². The standard InChI is InChI=1S/C20H17ClN2O3S/c1-11-8-9-14(10-16(11)21)23-18(25)12(2)27-20(23)15-6-4-5-7-17(15)22(13(3)24)19(20)26/h4-10,12H,1-3H3/t12-,20+/m0/s1. The molecule has 0 aliphatic carbocycles. The van der Waals surface area contributed by atoms with E-state index in [0.29, 0.717) is 22.0 Å². The molecule has 0 unspecified atom stereocenters. The first-order chi connectivity index (χ1) is 12.8. The summed E-state index contributed by atoms with van der Waals surface area (Å²) in [5.74, 6) is -0.983. The molecule has 7 heteroatoms. The Hall–Kier alpha value is -2.31. The number of rotatable bonds is 1. The number of imide groups is 1. The van der Waals surface area contributed by atoms with Crippen LogP contribution < -0.4 is 9.80 Å². The number of hydrogen-bond acceptors (Lipinski definition) is 4. The van der Waals surface area contributed by atoms with Gasteiger partial charge in [-0.15, -0.1) is 11.8 Å². The summed E-state index contributed by atoms with van der Waals surface area (Å²) in [6.45, 7) is 5.00. The molecular weight excluding hydrogens is 384 g/mol. The fraction of sp³-hybridized carbons (Fsp3) is 0.250. The SMILES string of the molecule is CC(=O)N1C(=O)[C@]2(S[C@@H](C)C(=O)N2c2ccc(C)c(Cl)c2)c2ccccc21. The molecule has 2 heterocycles.